The molecule has 0 aliphatic rings. The van der Waals surface area contributed by atoms with Crippen molar-refractivity contribution in [2.45, 2.75) is 20.0 Å². The highest BCUT2D eigenvalue weighted by molar-refractivity contribution is 5.87. The quantitative estimate of drug-likeness (QED) is 0.743. The molecule has 0 unspecified atom stereocenters. The first-order valence-electron chi connectivity index (χ1n) is 3.82. The highest BCUT2D eigenvalue weighted by Crippen LogP contribution is 1.99. The Labute approximate surface area is 95.7 Å². The summed E-state index contributed by atoms with van der Waals surface area (Å²) in [5.74, 6) is -0.370. The van der Waals surface area contributed by atoms with Crippen molar-refractivity contribution in [2.75, 3.05) is 0 Å². The predicted octanol–water partition coefficient (Wildman–Crippen LogP) is 2.49. The number of halogens is 2. The molecule has 0 saturated carbocycles. The maximum atomic E-state index is 11.2. The Morgan fingerprint density at radius 2 is 2.00 bits per heavy atom. The van der Waals surface area contributed by atoms with Crippen LogP contribution in [0.1, 0.15) is 24.3 Å². The van der Waals surface area contributed by atoms with E-state index >= 15 is 0 Å². The van der Waals surface area contributed by atoms with Gasteiger partial charge in [-0.2, -0.15) is 0 Å². The van der Waals surface area contributed by atoms with Gasteiger partial charge in [-0.25, -0.2) is 9.78 Å². The molecule has 0 radical (unpaired) electrons. The zero-order chi connectivity index (χ0) is 8.97. The van der Waals surface area contributed by atoms with Crippen LogP contribution in [0.4, 0.5) is 0 Å². The minimum Gasteiger partial charge on any atom is -0.458 e. The molecule has 5 heteroatoms. The molecule has 1 heterocycles. The summed E-state index contributed by atoms with van der Waals surface area (Å²) in [7, 11) is 0. The second-order valence-electron chi connectivity index (χ2n) is 2.67. The van der Waals surface area contributed by atoms with Gasteiger partial charge >= 0.3 is 5.97 Å². The lowest BCUT2D eigenvalue weighted by molar-refractivity contribution is 0.0371. The molecule has 0 aromatic carbocycles. The van der Waals surface area contributed by atoms with Crippen molar-refractivity contribution in [3.63, 3.8) is 0 Å². The molecule has 0 atom stereocenters. The van der Waals surface area contributed by atoms with Gasteiger partial charge in [0.1, 0.15) is 5.69 Å². The van der Waals surface area contributed by atoms with Gasteiger partial charge in [-0.1, -0.05) is 6.07 Å². The molecule has 0 spiro atoms. The molecular formula is C9H13Cl2NO2. The Balaban J connectivity index is 0. The van der Waals surface area contributed by atoms with Gasteiger partial charge in [0, 0.05) is 6.20 Å². The molecule has 0 aliphatic carbocycles. The molecule has 1 aromatic heterocycles. The summed E-state index contributed by atoms with van der Waals surface area (Å²) in [4.78, 5) is 15.0. The van der Waals surface area contributed by atoms with Crippen LogP contribution in [-0.4, -0.2) is 17.1 Å². The summed E-state index contributed by atoms with van der Waals surface area (Å²) >= 11 is 0. The highest BCUT2D eigenvalue weighted by Gasteiger charge is 2.08. The van der Waals surface area contributed by atoms with Crippen LogP contribution in [-0.2, 0) is 4.74 Å². The number of hydrogen-bond acceptors (Lipinski definition) is 3. The van der Waals surface area contributed by atoms with Gasteiger partial charge in [0.15, 0.2) is 0 Å². The third kappa shape index (κ3) is 5.04. The third-order valence-electron chi connectivity index (χ3n) is 1.22. The zero-order valence-corrected chi connectivity index (χ0v) is 9.60. The standard InChI is InChI=1S/C9H11NO2.2ClH/c1-7(2)12-9(11)8-5-3-4-6-10-8;;/h3-7H,1-2H3;2*1H. The van der Waals surface area contributed by atoms with Crippen LogP contribution in [0.25, 0.3) is 0 Å². The fourth-order valence-corrected chi connectivity index (χ4v) is 0.758. The summed E-state index contributed by atoms with van der Waals surface area (Å²) in [6, 6.07) is 5.14. The predicted molar refractivity (Wildman–Crippen MR) is 59.3 cm³/mol. The van der Waals surface area contributed by atoms with E-state index in [0.29, 0.717) is 5.69 Å². The highest BCUT2D eigenvalue weighted by atomic mass is 35.5. The van der Waals surface area contributed by atoms with E-state index in [1.807, 2.05) is 0 Å². The van der Waals surface area contributed by atoms with Gasteiger partial charge in [0.2, 0.25) is 0 Å². The third-order valence-corrected chi connectivity index (χ3v) is 1.22. The Bertz CT molecular complexity index is 265. The summed E-state index contributed by atoms with van der Waals surface area (Å²) < 4.78 is 4.93. The van der Waals surface area contributed by atoms with Crippen molar-refractivity contribution in [1.82, 2.24) is 4.98 Å². The van der Waals surface area contributed by atoms with E-state index in [0.717, 1.165) is 0 Å². The van der Waals surface area contributed by atoms with E-state index in [-0.39, 0.29) is 36.9 Å². The van der Waals surface area contributed by atoms with Crippen molar-refractivity contribution < 1.29 is 9.53 Å². The normalized spacial score (nSPS) is 8.50. The Morgan fingerprint density at radius 3 is 2.43 bits per heavy atom. The van der Waals surface area contributed by atoms with E-state index in [9.17, 15) is 4.79 Å². The van der Waals surface area contributed by atoms with E-state index in [2.05, 4.69) is 4.98 Å². The first-order valence-corrected chi connectivity index (χ1v) is 3.82. The van der Waals surface area contributed by atoms with Crippen LogP contribution in [0, 0.1) is 0 Å². The van der Waals surface area contributed by atoms with Crippen LogP contribution in [0.3, 0.4) is 0 Å². The number of ether oxygens (including phenoxy) is 1. The Kier molecular flexibility index (Phi) is 8.49. The zero-order valence-electron chi connectivity index (χ0n) is 7.97. The van der Waals surface area contributed by atoms with Crippen LogP contribution < -0.4 is 0 Å². The number of nitrogens with zero attached hydrogens (tertiary/aromatic N) is 1. The van der Waals surface area contributed by atoms with E-state index in [4.69, 9.17) is 4.74 Å². The number of aromatic nitrogens is 1. The molecular weight excluding hydrogens is 225 g/mol. The molecule has 1 aromatic rings. The average molecular weight is 238 g/mol. The molecule has 3 nitrogen and oxygen atoms in total. The van der Waals surface area contributed by atoms with Crippen molar-refractivity contribution in [3.8, 4) is 0 Å². The molecule has 0 aliphatic heterocycles. The SMILES string of the molecule is CC(C)OC(=O)c1ccccn1.Cl.Cl. The topological polar surface area (TPSA) is 39.2 Å². The van der Waals surface area contributed by atoms with Crippen molar-refractivity contribution in [1.29, 1.82) is 0 Å². The molecule has 0 amide bonds. The summed E-state index contributed by atoms with van der Waals surface area (Å²) in [5, 5.41) is 0. The number of esters is 1. The summed E-state index contributed by atoms with van der Waals surface area (Å²) in [6.07, 6.45) is 1.47. The number of hydrogen-bond donors (Lipinski definition) is 0. The smallest absolute Gasteiger partial charge is 0.357 e. The monoisotopic (exact) mass is 237 g/mol. The molecule has 1 rings (SSSR count). The number of rotatable bonds is 2. The van der Waals surface area contributed by atoms with Crippen molar-refractivity contribution in [2.24, 2.45) is 0 Å². The first kappa shape index (κ1) is 15.7. The summed E-state index contributed by atoms with van der Waals surface area (Å²) in [5.41, 5.74) is 0.353. The summed E-state index contributed by atoms with van der Waals surface area (Å²) in [6.45, 7) is 3.61. The van der Waals surface area contributed by atoms with Gasteiger partial charge in [-0.15, -0.1) is 24.8 Å². The minimum absolute atomic E-state index is 0. The van der Waals surface area contributed by atoms with Crippen LogP contribution in [0.5, 0.6) is 0 Å². The molecule has 0 bridgehead atoms. The van der Waals surface area contributed by atoms with E-state index in [1.165, 1.54) is 0 Å². The lowest BCUT2D eigenvalue weighted by Crippen LogP contribution is -2.12. The van der Waals surface area contributed by atoms with E-state index in [1.54, 1.807) is 38.2 Å². The lowest BCUT2D eigenvalue weighted by atomic mass is 10.3. The Hall–Kier alpha value is -0.800. The van der Waals surface area contributed by atoms with E-state index < -0.39 is 0 Å². The number of pyridine rings is 1. The van der Waals surface area contributed by atoms with Gasteiger partial charge in [-0.05, 0) is 26.0 Å². The molecule has 0 fully saturated rings. The number of carbonyl (C=O) groups excluding carboxylic acids is 1. The second kappa shape index (κ2) is 7.59. The number of carbonyl (C=O) groups is 1. The maximum absolute atomic E-state index is 11.2. The molecule has 0 N–H and O–H groups in total. The lowest BCUT2D eigenvalue weighted by Gasteiger charge is -2.06. The molecule has 0 saturated heterocycles. The average Bonchev–Trinajstić information content (AvgIpc) is 2.05. The first-order chi connectivity index (χ1) is 5.70. The van der Waals surface area contributed by atoms with Crippen LogP contribution >= 0.6 is 24.8 Å². The Morgan fingerprint density at radius 1 is 1.36 bits per heavy atom. The van der Waals surface area contributed by atoms with Gasteiger partial charge in [-0.3, -0.25) is 0 Å². The van der Waals surface area contributed by atoms with Crippen LogP contribution in [0.2, 0.25) is 0 Å². The van der Waals surface area contributed by atoms with Gasteiger partial charge in [0.05, 0.1) is 6.10 Å². The second-order valence-corrected chi connectivity index (χ2v) is 2.67. The molecule has 14 heavy (non-hydrogen) atoms. The van der Waals surface area contributed by atoms with Crippen molar-refractivity contribution in [3.05, 3.63) is 30.1 Å². The largest absolute Gasteiger partial charge is 0.458 e. The fourth-order valence-electron chi connectivity index (χ4n) is 0.758. The minimum atomic E-state index is -0.370. The van der Waals surface area contributed by atoms with Crippen LogP contribution in [0.15, 0.2) is 24.4 Å². The molecule has 80 valence electrons. The van der Waals surface area contributed by atoms with Crippen molar-refractivity contribution >= 4 is 30.8 Å². The maximum Gasteiger partial charge on any atom is 0.357 e. The fraction of sp³-hybridized carbons (Fsp3) is 0.333. The van der Waals surface area contributed by atoms with Gasteiger partial charge in [0.25, 0.3) is 0 Å². The van der Waals surface area contributed by atoms with Gasteiger partial charge < -0.3 is 4.74 Å².